The number of aryl methyl sites for hydroxylation is 1. The Hall–Kier alpha value is -1.51. The smallest absolute Gasteiger partial charge is 0.254 e. The Morgan fingerprint density at radius 1 is 1.37 bits per heavy atom. The molecule has 104 valence electrons. The van der Waals surface area contributed by atoms with E-state index >= 15 is 0 Å². The van der Waals surface area contributed by atoms with Gasteiger partial charge >= 0.3 is 0 Å². The van der Waals surface area contributed by atoms with Crippen LogP contribution in [0, 0.1) is 6.92 Å². The first-order valence-electron chi connectivity index (χ1n) is 7.30. The minimum absolute atomic E-state index is 0.151. The Morgan fingerprint density at radius 3 is 2.89 bits per heavy atom. The Kier molecular flexibility index (Phi) is 4.46. The highest BCUT2D eigenvalue weighted by Crippen LogP contribution is 2.23. The third kappa shape index (κ3) is 3.09. The van der Waals surface area contributed by atoms with Gasteiger partial charge in [0.25, 0.3) is 5.91 Å². The molecule has 1 aliphatic rings. The highest BCUT2D eigenvalue weighted by molar-refractivity contribution is 5.96. The SMILES string of the molecule is CCC1CCCCCN1C(=O)c1cc(N)ccc1C. The van der Waals surface area contributed by atoms with E-state index in [-0.39, 0.29) is 5.91 Å². The molecule has 0 aliphatic carbocycles. The van der Waals surface area contributed by atoms with Gasteiger partial charge < -0.3 is 10.6 Å². The number of benzene rings is 1. The normalized spacial score (nSPS) is 20.1. The molecule has 0 saturated carbocycles. The monoisotopic (exact) mass is 260 g/mol. The summed E-state index contributed by atoms with van der Waals surface area (Å²) in [5.74, 6) is 0.151. The number of amides is 1. The number of hydrogen-bond acceptors (Lipinski definition) is 2. The van der Waals surface area contributed by atoms with Crippen molar-refractivity contribution in [3.8, 4) is 0 Å². The van der Waals surface area contributed by atoms with Crippen LogP contribution in [0.1, 0.15) is 54.9 Å². The summed E-state index contributed by atoms with van der Waals surface area (Å²) in [5.41, 5.74) is 8.26. The molecule has 3 heteroatoms. The summed E-state index contributed by atoms with van der Waals surface area (Å²) in [5, 5.41) is 0. The molecule has 1 amide bonds. The molecule has 1 atom stereocenters. The number of rotatable bonds is 2. The zero-order chi connectivity index (χ0) is 13.8. The number of anilines is 1. The second kappa shape index (κ2) is 6.09. The maximum absolute atomic E-state index is 12.8. The molecule has 0 radical (unpaired) electrons. The summed E-state index contributed by atoms with van der Waals surface area (Å²) in [6, 6.07) is 5.98. The van der Waals surface area contributed by atoms with Gasteiger partial charge in [-0.15, -0.1) is 0 Å². The second-order valence-corrected chi connectivity index (χ2v) is 5.48. The number of hydrogen-bond donors (Lipinski definition) is 1. The van der Waals surface area contributed by atoms with Crippen LogP contribution in [-0.4, -0.2) is 23.4 Å². The van der Waals surface area contributed by atoms with Crippen LogP contribution in [0.4, 0.5) is 5.69 Å². The first-order chi connectivity index (χ1) is 9.13. The van der Waals surface area contributed by atoms with Crippen LogP contribution in [0.3, 0.4) is 0 Å². The van der Waals surface area contributed by atoms with Gasteiger partial charge in [-0.3, -0.25) is 4.79 Å². The summed E-state index contributed by atoms with van der Waals surface area (Å²) in [6.45, 7) is 5.03. The summed E-state index contributed by atoms with van der Waals surface area (Å²) in [7, 11) is 0. The van der Waals surface area contributed by atoms with Gasteiger partial charge in [-0.25, -0.2) is 0 Å². The first-order valence-corrected chi connectivity index (χ1v) is 7.30. The van der Waals surface area contributed by atoms with Crippen LogP contribution >= 0.6 is 0 Å². The number of likely N-dealkylation sites (tertiary alicyclic amines) is 1. The lowest BCUT2D eigenvalue weighted by Crippen LogP contribution is -2.40. The molecular formula is C16H24N2O. The van der Waals surface area contributed by atoms with E-state index in [1.54, 1.807) is 0 Å². The van der Waals surface area contributed by atoms with Crippen LogP contribution < -0.4 is 5.73 Å². The van der Waals surface area contributed by atoms with E-state index in [1.807, 2.05) is 25.1 Å². The largest absolute Gasteiger partial charge is 0.399 e. The van der Waals surface area contributed by atoms with Crippen molar-refractivity contribution in [3.63, 3.8) is 0 Å². The van der Waals surface area contributed by atoms with Crippen molar-refractivity contribution in [2.75, 3.05) is 12.3 Å². The Bertz CT molecular complexity index is 456. The van der Waals surface area contributed by atoms with Crippen LogP contribution in [0.5, 0.6) is 0 Å². The van der Waals surface area contributed by atoms with Crippen LogP contribution in [0.2, 0.25) is 0 Å². The maximum atomic E-state index is 12.8. The zero-order valence-electron chi connectivity index (χ0n) is 12.0. The average molecular weight is 260 g/mol. The molecule has 0 aromatic heterocycles. The highest BCUT2D eigenvalue weighted by Gasteiger charge is 2.25. The van der Waals surface area contributed by atoms with Crippen molar-refractivity contribution in [2.45, 2.75) is 52.0 Å². The van der Waals surface area contributed by atoms with Crippen LogP contribution in [0.15, 0.2) is 18.2 Å². The lowest BCUT2D eigenvalue weighted by atomic mass is 10.0. The van der Waals surface area contributed by atoms with E-state index < -0.39 is 0 Å². The Morgan fingerprint density at radius 2 is 2.16 bits per heavy atom. The van der Waals surface area contributed by atoms with Gasteiger partial charge in [0.2, 0.25) is 0 Å². The molecule has 19 heavy (non-hydrogen) atoms. The van der Waals surface area contributed by atoms with E-state index in [9.17, 15) is 4.79 Å². The molecule has 0 bridgehead atoms. The van der Waals surface area contributed by atoms with E-state index in [2.05, 4.69) is 11.8 Å². The molecule has 1 heterocycles. The number of nitrogens with two attached hydrogens (primary N) is 1. The fourth-order valence-electron chi connectivity index (χ4n) is 2.89. The lowest BCUT2D eigenvalue weighted by molar-refractivity contribution is 0.0677. The van der Waals surface area contributed by atoms with Crippen molar-refractivity contribution in [1.82, 2.24) is 4.90 Å². The van der Waals surface area contributed by atoms with E-state index in [0.29, 0.717) is 11.7 Å². The van der Waals surface area contributed by atoms with Crippen molar-refractivity contribution < 1.29 is 4.79 Å². The molecule has 2 rings (SSSR count). The Balaban J connectivity index is 2.27. The van der Waals surface area contributed by atoms with Crippen LogP contribution in [0.25, 0.3) is 0 Å². The van der Waals surface area contributed by atoms with E-state index in [1.165, 1.54) is 12.8 Å². The van der Waals surface area contributed by atoms with Crippen molar-refractivity contribution in [2.24, 2.45) is 0 Å². The number of nitrogens with zero attached hydrogens (tertiary/aromatic N) is 1. The van der Waals surface area contributed by atoms with Crippen molar-refractivity contribution in [1.29, 1.82) is 0 Å². The molecule has 1 aromatic carbocycles. The second-order valence-electron chi connectivity index (χ2n) is 5.48. The summed E-state index contributed by atoms with van der Waals surface area (Å²) in [6.07, 6.45) is 5.74. The molecule has 1 fully saturated rings. The minimum Gasteiger partial charge on any atom is -0.399 e. The zero-order valence-corrected chi connectivity index (χ0v) is 12.0. The number of carbonyl (C=O) groups excluding carboxylic acids is 1. The molecule has 1 aromatic rings. The van der Waals surface area contributed by atoms with Crippen molar-refractivity contribution >= 4 is 11.6 Å². The quantitative estimate of drug-likeness (QED) is 0.829. The standard InChI is InChI=1S/C16H24N2O/c1-3-14-7-5-4-6-10-18(14)16(19)15-11-13(17)9-8-12(15)2/h8-9,11,14H,3-7,10,17H2,1-2H3. The van der Waals surface area contributed by atoms with Gasteiger partial charge in [-0.2, -0.15) is 0 Å². The topological polar surface area (TPSA) is 46.3 Å². The molecule has 1 unspecified atom stereocenters. The van der Waals surface area contributed by atoms with E-state index in [0.717, 1.165) is 36.9 Å². The Labute approximate surface area is 115 Å². The number of nitrogen functional groups attached to an aromatic ring is 1. The van der Waals surface area contributed by atoms with Gasteiger partial charge in [0.05, 0.1) is 0 Å². The predicted molar refractivity (Wildman–Crippen MR) is 79.2 cm³/mol. The van der Waals surface area contributed by atoms with Gasteiger partial charge in [-0.1, -0.05) is 25.8 Å². The molecule has 1 aliphatic heterocycles. The lowest BCUT2D eigenvalue weighted by Gasteiger charge is -2.30. The summed E-state index contributed by atoms with van der Waals surface area (Å²) < 4.78 is 0. The molecule has 1 saturated heterocycles. The molecule has 3 nitrogen and oxygen atoms in total. The first kappa shape index (κ1) is 13.9. The molecular weight excluding hydrogens is 236 g/mol. The van der Waals surface area contributed by atoms with Gasteiger partial charge in [0.15, 0.2) is 0 Å². The fraction of sp³-hybridized carbons (Fsp3) is 0.562. The third-order valence-electron chi connectivity index (χ3n) is 4.10. The average Bonchev–Trinajstić information content (AvgIpc) is 2.65. The molecule has 2 N–H and O–H groups in total. The number of carbonyl (C=O) groups is 1. The highest BCUT2D eigenvalue weighted by atomic mass is 16.2. The third-order valence-corrected chi connectivity index (χ3v) is 4.10. The minimum atomic E-state index is 0.151. The van der Waals surface area contributed by atoms with Gasteiger partial charge in [0.1, 0.15) is 0 Å². The maximum Gasteiger partial charge on any atom is 0.254 e. The summed E-state index contributed by atoms with van der Waals surface area (Å²) in [4.78, 5) is 14.8. The van der Waals surface area contributed by atoms with Gasteiger partial charge in [-0.05, 0) is 43.9 Å². The van der Waals surface area contributed by atoms with Gasteiger partial charge in [0, 0.05) is 23.8 Å². The van der Waals surface area contributed by atoms with Crippen molar-refractivity contribution in [3.05, 3.63) is 29.3 Å². The molecule has 0 spiro atoms. The fourth-order valence-corrected chi connectivity index (χ4v) is 2.89. The summed E-state index contributed by atoms with van der Waals surface area (Å²) >= 11 is 0. The predicted octanol–water partition coefficient (Wildman–Crippen LogP) is 3.37. The van der Waals surface area contributed by atoms with Crippen LogP contribution in [-0.2, 0) is 0 Å². The van der Waals surface area contributed by atoms with E-state index in [4.69, 9.17) is 5.73 Å².